The highest BCUT2D eigenvalue weighted by atomic mass is 14.6. The minimum absolute atomic E-state index is 0.0471. The maximum Gasteiger partial charge on any atom is 0.0314 e. The topological polar surface area (TPSA) is 52.0 Å². The van der Waals surface area contributed by atoms with Crippen LogP contribution in [0, 0.1) is 5.41 Å². The van der Waals surface area contributed by atoms with Crippen LogP contribution in [0.4, 0.5) is 5.69 Å². The van der Waals surface area contributed by atoms with E-state index in [4.69, 9.17) is 11.5 Å². The van der Waals surface area contributed by atoms with Gasteiger partial charge in [-0.2, -0.15) is 0 Å². The standard InChI is InChI=1S/C14H18N2/c1-14(2)9-11(5-8-13(14)16)10-3-6-12(15)7-4-10/h3-8H,9,15-16H2,1-2H3. The molecule has 0 aromatic heterocycles. The van der Waals surface area contributed by atoms with E-state index < -0.39 is 0 Å². The van der Waals surface area contributed by atoms with Crippen molar-refractivity contribution in [2.45, 2.75) is 20.3 Å². The molecule has 0 radical (unpaired) electrons. The maximum atomic E-state index is 5.97. The van der Waals surface area contributed by atoms with E-state index >= 15 is 0 Å². The average molecular weight is 214 g/mol. The highest BCUT2D eigenvalue weighted by Crippen LogP contribution is 2.38. The Morgan fingerprint density at radius 3 is 2.19 bits per heavy atom. The van der Waals surface area contributed by atoms with E-state index in [0.717, 1.165) is 17.8 Å². The van der Waals surface area contributed by atoms with Gasteiger partial charge in [-0.25, -0.2) is 0 Å². The van der Waals surface area contributed by atoms with Gasteiger partial charge in [-0.1, -0.05) is 32.1 Å². The first-order valence-electron chi connectivity index (χ1n) is 5.52. The van der Waals surface area contributed by atoms with Gasteiger partial charge in [0.2, 0.25) is 0 Å². The first kappa shape index (κ1) is 10.8. The van der Waals surface area contributed by atoms with E-state index in [1.807, 2.05) is 18.2 Å². The molecule has 0 spiro atoms. The molecule has 0 aliphatic heterocycles. The predicted octanol–water partition coefficient (Wildman–Crippen LogP) is 2.92. The van der Waals surface area contributed by atoms with Gasteiger partial charge in [-0.05, 0) is 35.8 Å². The Morgan fingerprint density at radius 1 is 1.00 bits per heavy atom. The first-order chi connectivity index (χ1) is 7.49. The second kappa shape index (κ2) is 3.71. The highest BCUT2D eigenvalue weighted by Gasteiger charge is 2.25. The van der Waals surface area contributed by atoms with Crippen LogP contribution in [0.5, 0.6) is 0 Å². The average Bonchev–Trinajstić information content (AvgIpc) is 2.23. The van der Waals surface area contributed by atoms with Crippen molar-refractivity contribution in [3.05, 3.63) is 47.7 Å². The molecular weight excluding hydrogens is 196 g/mol. The number of rotatable bonds is 1. The lowest BCUT2D eigenvalue weighted by Gasteiger charge is -2.29. The smallest absolute Gasteiger partial charge is 0.0314 e. The molecule has 0 bridgehead atoms. The van der Waals surface area contributed by atoms with Crippen molar-refractivity contribution < 1.29 is 0 Å². The lowest BCUT2D eigenvalue weighted by molar-refractivity contribution is 0.450. The summed E-state index contributed by atoms with van der Waals surface area (Å²) in [5, 5.41) is 0. The van der Waals surface area contributed by atoms with Gasteiger partial charge in [0, 0.05) is 16.8 Å². The van der Waals surface area contributed by atoms with Crippen LogP contribution in [-0.4, -0.2) is 0 Å². The molecule has 0 saturated heterocycles. The van der Waals surface area contributed by atoms with Crippen LogP contribution in [0.2, 0.25) is 0 Å². The zero-order chi connectivity index (χ0) is 11.8. The van der Waals surface area contributed by atoms with E-state index in [1.165, 1.54) is 11.1 Å². The molecule has 4 N–H and O–H groups in total. The fourth-order valence-electron chi connectivity index (χ4n) is 1.95. The molecule has 0 unspecified atom stereocenters. The highest BCUT2D eigenvalue weighted by molar-refractivity contribution is 5.70. The van der Waals surface area contributed by atoms with Gasteiger partial charge in [0.1, 0.15) is 0 Å². The van der Waals surface area contributed by atoms with Gasteiger partial charge in [0.25, 0.3) is 0 Å². The molecule has 16 heavy (non-hydrogen) atoms. The summed E-state index contributed by atoms with van der Waals surface area (Å²) in [6.45, 7) is 4.34. The molecule has 0 fully saturated rings. The summed E-state index contributed by atoms with van der Waals surface area (Å²) in [6, 6.07) is 7.99. The van der Waals surface area contributed by atoms with Crippen molar-refractivity contribution in [3.8, 4) is 0 Å². The molecule has 2 heteroatoms. The summed E-state index contributed by atoms with van der Waals surface area (Å²) in [5.74, 6) is 0. The van der Waals surface area contributed by atoms with E-state index in [9.17, 15) is 0 Å². The van der Waals surface area contributed by atoms with E-state index in [0.29, 0.717) is 0 Å². The summed E-state index contributed by atoms with van der Waals surface area (Å²) in [6.07, 6.45) is 5.08. The number of hydrogen-bond donors (Lipinski definition) is 2. The lowest BCUT2D eigenvalue weighted by Crippen LogP contribution is -2.23. The number of anilines is 1. The van der Waals surface area contributed by atoms with Crippen molar-refractivity contribution in [2.75, 3.05) is 5.73 Å². The van der Waals surface area contributed by atoms with Crippen molar-refractivity contribution in [3.63, 3.8) is 0 Å². The predicted molar refractivity (Wildman–Crippen MR) is 69.5 cm³/mol. The van der Waals surface area contributed by atoms with Crippen molar-refractivity contribution >= 4 is 11.3 Å². The van der Waals surface area contributed by atoms with Gasteiger partial charge in [0.05, 0.1) is 0 Å². The Labute approximate surface area is 96.6 Å². The van der Waals surface area contributed by atoms with Gasteiger partial charge in [-0.15, -0.1) is 0 Å². The molecule has 1 aliphatic carbocycles. The van der Waals surface area contributed by atoms with Crippen molar-refractivity contribution in [2.24, 2.45) is 11.1 Å². The minimum Gasteiger partial charge on any atom is -0.402 e. The largest absolute Gasteiger partial charge is 0.402 e. The fraction of sp³-hybridized carbons (Fsp3) is 0.286. The molecule has 1 aromatic rings. The molecule has 1 aromatic carbocycles. The Morgan fingerprint density at radius 2 is 1.62 bits per heavy atom. The number of nitrogens with two attached hydrogens (primary N) is 2. The van der Waals surface area contributed by atoms with Crippen molar-refractivity contribution in [1.29, 1.82) is 0 Å². The third-order valence-corrected chi connectivity index (χ3v) is 3.16. The molecule has 0 saturated carbocycles. The van der Waals surface area contributed by atoms with Crippen molar-refractivity contribution in [1.82, 2.24) is 0 Å². The summed E-state index contributed by atoms with van der Waals surface area (Å²) in [5.41, 5.74) is 16.0. The van der Waals surface area contributed by atoms with Crippen LogP contribution in [0.3, 0.4) is 0 Å². The fourth-order valence-corrected chi connectivity index (χ4v) is 1.95. The van der Waals surface area contributed by atoms with Crippen LogP contribution in [0.25, 0.3) is 5.57 Å². The van der Waals surface area contributed by atoms with Gasteiger partial charge >= 0.3 is 0 Å². The van der Waals surface area contributed by atoms with Gasteiger partial charge in [0.15, 0.2) is 0 Å². The summed E-state index contributed by atoms with van der Waals surface area (Å²) < 4.78 is 0. The Balaban J connectivity index is 2.34. The molecular formula is C14H18N2. The lowest BCUT2D eigenvalue weighted by atomic mass is 9.77. The molecule has 2 nitrogen and oxygen atoms in total. The second-order valence-electron chi connectivity index (χ2n) is 5.00. The Kier molecular flexibility index (Phi) is 2.50. The van der Waals surface area contributed by atoms with E-state index in [1.54, 1.807) is 0 Å². The Hall–Kier alpha value is -1.70. The number of benzene rings is 1. The number of allylic oxidation sites excluding steroid dienone is 4. The van der Waals surface area contributed by atoms with Crippen LogP contribution >= 0.6 is 0 Å². The van der Waals surface area contributed by atoms with Crippen LogP contribution in [-0.2, 0) is 0 Å². The molecule has 84 valence electrons. The van der Waals surface area contributed by atoms with E-state index in [-0.39, 0.29) is 5.41 Å². The minimum atomic E-state index is 0.0471. The molecule has 0 atom stereocenters. The Bertz CT molecular complexity index is 450. The SMILES string of the molecule is CC1(C)CC(c2ccc(N)cc2)=CC=C1N. The summed E-state index contributed by atoms with van der Waals surface area (Å²) in [7, 11) is 0. The maximum absolute atomic E-state index is 5.97. The molecule has 1 aliphatic rings. The summed E-state index contributed by atoms with van der Waals surface area (Å²) in [4.78, 5) is 0. The third-order valence-electron chi connectivity index (χ3n) is 3.16. The normalized spacial score (nSPS) is 18.9. The van der Waals surface area contributed by atoms with Crippen LogP contribution < -0.4 is 11.5 Å². The second-order valence-corrected chi connectivity index (χ2v) is 5.00. The van der Waals surface area contributed by atoms with Gasteiger partial charge in [-0.3, -0.25) is 0 Å². The monoisotopic (exact) mass is 214 g/mol. The molecule has 0 amide bonds. The zero-order valence-corrected chi connectivity index (χ0v) is 9.83. The number of hydrogen-bond acceptors (Lipinski definition) is 2. The molecule has 0 heterocycles. The van der Waals surface area contributed by atoms with E-state index in [2.05, 4.69) is 32.1 Å². The van der Waals surface area contributed by atoms with Crippen LogP contribution in [0.1, 0.15) is 25.8 Å². The quantitative estimate of drug-likeness (QED) is 0.706. The third kappa shape index (κ3) is 1.96. The summed E-state index contributed by atoms with van der Waals surface area (Å²) >= 11 is 0. The first-order valence-corrected chi connectivity index (χ1v) is 5.52. The molecule has 2 rings (SSSR count). The van der Waals surface area contributed by atoms with Gasteiger partial charge < -0.3 is 11.5 Å². The number of nitrogen functional groups attached to an aromatic ring is 1. The zero-order valence-electron chi connectivity index (χ0n) is 9.83. The van der Waals surface area contributed by atoms with Crippen LogP contribution in [0.15, 0.2) is 42.1 Å².